The number of amides is 1. The van der Waals surface area contributed by atoms with Crippen LogP contribution in [0.3, 0.4) is 0 Å². The van der Waals surface area contributed by atoms with Gasteiger partial charge in [-0.15, -0.1) is 0 Å². The second-order valence-corrected chi connectivity index (χ2v) is 5.13. The van der Waals surface area contributed by atoms with E-state index in [4.69, 9.17) is 5.21 Å². The van der Waals surface area contributed by atoms with Crippen molar-refractivity contribution in [3.8, 4) is 0 Å². The fraction of sp³-hybridized carbons (Fsp3) is 0.167. The van der Waals surface area contributed by atoms with Gasteiger partial charge in [0, 0.05) is 11.1 Å². The number of carbonyl (C=O) groups is 3. The Bertz CT molecular complexity index is 756. The molecular weight excluding hydrogens is 340 g/mol. The van der Waals surface area contributed by atoms with Crippen LogP contribution in [0.4, 0.5) is 16.2 Å². The highest BCUT2D eigenvalue weighted by molar-refractivity contribution is 5.95. The number of methoxy groups -OCH3 is 1. The van der Waals surface area contributed by atoms with E-state index in [1.165, 1.54) is 38.1 Å². The summed E-state index contributed by atoms with van der Waals surface area (Å²) in [6.45, 7) is 2.94. The maximum absolute atomic E-state index is 10.9. The molecular formula is C18H20N2O6. The fourth-order valence-corrected chi connectivity index (χ4v) is 1.81. The topological polar surface area (TPSA) is 116 Å². The lowest BCUT2D eigenvalue weighted by atomic mass is 10.1. The fourth-order valence-electron chi connectivity index (χ4n) is 1.81. The van der Waals surface area contributed by atoms with E-state index in [0.717, 1.165) is 7.11 Å². The zero-order chi connectivity index (χ0) is 19.7. The Kier molecular flexibility index (Phi) is 7.94. The van der Waals surface area contributed by atoms with E-state index >= 15 is 0 Å². The molecule has 2 aromatic rings. The van der Waals surface area contributed by atoms with E-state index in [9.17, 15) is 19.6 Å². The SMILES string of the molecule is CC(=O)c1ccc(NO)cc1.COC(=O)N(O)c1ccc(C(C)=O)cc1. The summed E-state index contributed by atoms with van der Waals surface area (Å²) in [6, 6.07) is 12.5. The Morgan fingerprint density at radius 1 is 0.885 bits per heavy atom. The molecule has 8 heteroatoms. The molecule has 1 amide bonds. The van der Waals surface area contributed by atoms with Gasteiger partial charge < -0.3 is 4.74 Å². The van der Waals surface area contributed by atoms with Gasteiger partial charge in [0.1, 0.15) is 0 Å². The lowest BCUT2D eigenvalue weighted by Crippen LogP contribution is -2.26. The highest BCUT2D eigenvalue weighted by Crippen LogP contribution is 2.14. The Morgan fingerprint density at radius 2 is 1.31 bits per heavy atom. The summed E-state index contributed by atoms with van der Waals surface area (Å²) in [7, 11) is 1.16. The molecule has 0 saturated heterocycles. The summed E-state index contributed by atoms with van der Waals surface area (Å²) < 4.78 is 4.31. The first-order valence-electron chi connectivity index (χ1n) is 7.49. The number of nitrogens with zero attached hydrogens (tertiary/aromatic N) is 1. The molecule has 8 nitrogen and oxygen atoms in total. The third kappa shape index (κ3) is 6.00. The molecule has 0 heterocycles. The van der Waals surface area contributed by atoms with Crippen LogP contribution in [-0.4, -0.2) is 35.2 Å². The molecule has 0 atom stereocenters. The molecule has 0 aliphatic rings. The smallest absolute Gasteiger partial charge is 0.438 e. The predicted molar refractivity (Wildman–Crippen MR) is 95.0 cm³/mol. The predicted octanol–water partition coefficient (Wildman–Crippen LogP) is 3.54. The molecule has 0 radical (unpaired) electrons. The standard InChI is InChI=1S/C10H11NO4.C8H9NO2/c1-7(12)8-3-5-9(6-4-8)11(14)10(13)15-2;1-6(10)7-2-4-8(9-11)5-3-7/h3-6,14H,1-2H3;2-5,9,11H,1H3. The quantitative estimate of drug-likeness (QED) is 0.434. The molecule has 0 aliphatic heterocycles. The van der Waals surface area contributed by atoms with E-state index in [2.05, 4.69) is 4.74 Å². The third-order valence-corrected chi connectivity index (χ3v) is 3.29. The molecule has 0 saturated carbocycles. The van der Waals surface area contributed by atoms with Crippen LogP contribution in [0.15, 0.2) is 48.5 Å². The first-order chi connectivity index (χ1) is 12.3. The highest BCUT2D eigenvalue weighted by atomic mass is 16.6. The van der Waals surface area contributed by atoms with Gasteiger partial charge in [-0.05, 0) is 62.4 Å². The molecule has 138 valence electrons. The van der Waals surface area contributed by atoms with Gasteiger partial charge in [0.2, 0.25) is 0 Å². The number of hydroxylamine groups is 1. The number of hydrogen-bond acceptors (Lipinski definition) is 7. The van der Waals surface area contributed by atoms with E-state index in [1.807, 2.05) is 5.48 Å². The molecule has 0 bridgehead atoms. The summed E-state index contributed by atoms with van der Waals surface area (Å²) in [5.41, 5.74) is 3.96. The minimum Gasteiger partial charge on any atom is -0.451 e. The maximum Gasteiger partial charge on any atom is 0.438 e. The van der Waals surface area contributed by atoms with Crippen molar-refractivity contribution in [2.24, 2.45) is 0 Å². The normalized spacial score (nSPS) is 9.42. The van der Waals surface area contributed by atoms with Crippen LogP contribution < -0.4 is 10.5 Å². The number of anilines is 2. The van der Waals surface area contributed by atoms with Crippen LogP contribution in [0.2, 0.25) is 0 Å². The van der Waals surface area contributed by atoms with Crippen molar-refractivity contribution in [1.29, 1.82) is 0 Å². The second-order valence-electron chi connectivity index (χ2n) is 5.13. The number of ether oxygens (including phenoxy) is 1. The zero-order valence-electron chi connectivity index (χ0n) is 14.6. The van der Waals surface area contributed by atoms with Crippen LogP contribution in [0, 0.1) is 0 Å². The van der Waals surface area contributed by atoms with E-state index in [1.54, 1.807) is 24.3 Å². The molecule has 2 rings (SSSR count). The molecule has 0 unspecified atom stereocenters. The number of rotatable bonds is 4. The Labute approximate surface area is 150 Å². The van der Waals surface area contributed by atoms with Crippen LogP contribution in [0.25, 0.3) is 0 Å². The van der Waals surface area contributed by atoms with Crippen LogP contribution in [-0.2, 0) is 4.74 Å². The Balaban J connectivity index is 0.000000273. The molecule has 0 spiro atoms. The lowest BCUT2D eigenvalue weighted by molar-refractivity contribution is 0.100. The summed E-state index contributed by atoms with van der Waals surface area (Å²) in [5.74, 6) is -0.0569. The van der Waals surface area contributed by atoms with Gasteiger partial charge in [-0.1, -0.05) is 0 Å². The van der Waals surface area contributed by atoms with Crippen molar-refractivity contribution in [3.63, 3.8) is 0 Å². The average molecular weight is 360 g/mol. The minimum atomic E-state index is -0.884. The van der Waals surface area contributed by atoms with Crippen molar-refractivity contribution in [1.82, 2.24) is 0 Å². The number of Topliss-reactive ketones (excluding diaryl/α,β-unsaturated/α-hetero) is 2. The number of carbonyl (C=O) groups excluding carboxylic acids is 3. The zero-order valence-corrected chi connectivity index (χ0v) is 14.6. The Morgan fingerprint density at radius 3 is 1.65 bits per heavy atom. The van der Waals surface area contributed by atoms with Crippen LogP contribution in [0.1, 0.15) is 34.6 Å². The van der Waals surface area contributed by atoms with Crippen molar-refractivity contribution in [2.45, 2.75) is 13.8 Å². The minimum absolute atomic E-state index is 0.0227. The van der Waals surface area contributed by atoms with Crippen molar-refractivity contribution < 1.29 is 29.5 Å². The number of nitrogens with one attached hydrogen (secondary N) is 1. The summed E-state index contributed by atoms with van der Waals surface area (Å²) in [6.07, 6.45) is -0.884. The maximum atomic E-state index is 10.9. The lowest BCUT2D eigenvalue weighted by Gasteiger charge is -2.12. The monoisotopic (exact) mass is 360 g/mol. The molecule has 0 fully saturated rings. The van der Waals surface area contributed by atoms with Gasteiger partial charge in [0.05, 0.1) is 18.5 Å². The van der Waals surface area contributed by atoms with Crippen molar-refractivity contribution in [2.75, 3.05) is 17.7 Å². The molecule has 0 aliphatic carbocycles. The van der Waals surface area contributed by atoms with Gasteiger partial charge >= 0.3 is 6.09 Å². The van der Waals surface area contributed by atoms with Crippen molar-refractivity contribution in [3.05, 3.63) is 59.7 Å². The Hall–Kier alpha value is -3.23. The van der Waals surface area contributed by atoms with Gasteiger partial charge in [0.25, 0.3) is 0 Å². The molecule has 3 N–H and O–H groups in total. The first-order valence-corrected chi connectivity index (χ1v) is 7.49. The van der Waals surface area contributed by atoms with Crippen molar-refractivity contribution >= 4 is 29.0 Å². The van der Waals surface area contributed by atoms with Gasteiger partial charge in [-0.2, -0.15) is 5.06 Å². The van der Waals surface area contributed by atoms with Crippen LogP contribution in [0.5, 0.6) is 0 Å². The summed E-state index contributed by atoms with van der Waals surface area (Å²) >= 11 is 0. The largest absolute Gasteiger partial charge is 0.451 e. The van der Waals surface area contributed by atoms with E-state index in [-0.39, 0.29) is 17.3 Å². The third-order valence-electron chi connectivity index (χ3n) is 3.29. The average Bonchev–Trinajstić information content (AvgIpc) is 2.67. The molecule has 26 heavy (non-hydrogen) atoms. The second kappa shape index (κ2) is 9.92. The number of hydrogen-bond donors (Lipinski definition) is 3. The molecule has 0 aromatic heterocycles. The molecule has 2 aromatic carbocycles. The highest BCUT2D eigenvalue weighted by Gasteiger charge is 2.13. The van der Waals surface area contributed by atoms with E-state index < -0.39 is 6.09 Å². The van der Waals surface area contributed by atoms with Gasteiger partial charge in [-0.3, -0.25) is 25.5 Å². The number of benzene rings is 2. The summed E-state index contributed by atoms with van der Waals surface area (Å²) in [5, 5.41) is 18.1. The van der Waals surface area contributed by atoms with Gasteiger partial charge in [-0.25, -0.2) is 4.79 Å². The van der Waals surface area contributed by atoms with E-state index in [0.29, 0.717) is 21.9 Å². The first kappa shape index (κ1) is 20.8. The van der Waals surface area contributed by atoms with Crippen LogP contribution >= 0.6 is 0 Å². The number of ketones is 2. The van der Waals surface area contributed by atoms with Gasteiger partial charge in [0.15, 0.2) is 11.6 Å². The summed E-state index contributed by atoms with van der Waals surface area (Å²) in [4.78, 5) is 32.6.